The number of hydrogen-bond donors (Lipinski definition) is 1. The minimum Gasteiger partial charge on any atom is -0.260 e. The van der Waals surface area contributed by atoms with Gasteiger partial charge in [-0.1, -0.05) is 36.5 Å². The number of hydrogen-bond acceptors (Lipinski definition) is 3. The van der Waals surface area contributed by atoms with Gasteiger partial charge >= 0.3 is 0 Å². The van der Waals surface area contributed by atoms with Crippen LogP contribution < -0.4 is 4.72 Å². The minimum atomic E-state index is 0.543. The van der Waals surface area contributed by atoms with Crippen LogP contribution in [0.2, 0.25) is 5.15 Å². The summed E-state index contributed by atoms with van der Waals surface area (Å²) < 4.78 is 3.20. The maximum absolute atomic E-state index is 5.64. The molecule has 1 heterocycles. The Morgan fingerprint density at radius 2 is 2.42 bits per heavy atom. The number of nitrogens with one attached hydrogen (secondary N) is 1. The molecule has 0 atom stereocenters. The van der Waals surface area contributed by atoms with Gasteiger partial charge in [0.25, 0.3) is 0 Å². The van der Waals surface area contributed by atoms with Crippen molar-refractivity contribution in [2.24, 2.45) is 0 Å². The lowest BCUT2D eigenvalue weighted by atomic mass is 10.3. The summed E-state index contributed by atoms with van der Waals surface area (Å²) >= 11 is 7.33. The predicted molar refractivity (Wildman–Crippen MR) is 54.2 cm³/mol. The molecule has 66 valence electrons. The van der Waals surface area contributed by atoms with Crippen LogP contribution in [0.4, 0.5) is 0 Å². The highest BCUT2D eigenvalue weighted by atomic mass is 35.5. The van der Waals surface area contributed by atoms with Gasteiger partial charge in [-0.25, -0.2) is 4.98 Å². The van der Waals surface area contributed by atoms with E-state index < -0.39 is 0 Å². The Morgan fingerprint density at radius 3 is 3.00 bits per heavy atom. The summed E-state index contributed by atoms with van der Waals surface area (Å²) in [5.41, 5.74) is 1.15. The van der Waals surface area contributed by atoms with Crippen LogP contribution in [0, 0.1) is 0 Å². The molecule has 0 radical (unpaired) electrons. The highest BCUT2D eigenvalue weighted by Crippen LogP contribution is 2.05. The second-order valence-corrected chi connectivity index (χ2v) is 3.79. The van der Waals surface area contributed by atoms with E-state index in [-0.39, 0.29) is 0 Å². The number of rotatable bonds is 4. The van der Waals surface area contributed by atoms with Crippen LogP contribution in [0.15, 0.2) is 18.3 Å². The van der Waals surface area contributed by atoms with Crippen molar-refractivity contribution in [3.8, 4) is 0 Å². The quantitative estimate of drug-likeness (QED) is 0.462. The molecule has 1 N–H and O–H groups in total. The van der Waals surface area contributed by atoms with Crippen molar-refractivity contribution in [3.05, 3.63) is 29.0 Å². The summed E-state index contributed by atoms with van der Waals surface area (Å²) in [5, 5.41) is 0.543. The second-order valence-electron chi connectivity index (χ2n) is 2.24. The monoisotopic (exact) mass is 202 g/mol. The number of aromatic nitrogens is 1. The average molecular weight is 203 g/mol. The molecule has 1 rings (SSSR count). The molecule has 0 saturated heterocycles. The number of nitrogens with zero attached hydrogens (tertiary/aromatic N) is 1. The number of halogens is 1. The molecule has 0 amide bonds. The van der Waals surface area contributed by atoms with Crippen molar-refractivity contribution in [2.75, 3.05) is 5.75 Å². The van der Waals surface area contributed by atoms with Gasteiger partial charge in [0.1, 0.15) is 5.15 Å². The van der Waals surface area contributed by atoms with E-state index >= 15 is 0 Å². The van der Waals surface area contributed by atoms with E-state index in [9.17, 15) is 0 Å². The average Bonchev–Trinajstić information content (AvgIpc) is 2.09. The van der Waals surface area contributed by atoms with Gasteiger partial charge in [0.2, 0.25) is 0 Å². The summed E-state index contributed by atoms with van der Waals surface area (Å²) in [6, 6.07) is 3.77. The van der Waals surface area contributed by atoms with Crippen molar-refractivity contribution in [1.29, 1.82) is 0 Å². The fourth-order valence-electron chi connectivity index (χ4n) is 0.747. The van der Waals surface area contributed by atoms with Gasteiger partial charge in [-0.2, -0.15) is 0 Å². The molecule has 2 nitrogen and oxygen atoms in total. The van der Waals surface area contributed by atoms with Gasteiger partial charge in [-0.05, 0) is 11.6 Å². The lowest BCUT2D eigenvalue weighted by Crippen LogP contribution is -2.03. The lowest BCUT2D eigenvalue weighted by molar-refractivity contribution is 0.963. The molecule has 1 aromatic rings. The first-order chi connectivity index (χ1) is 5.83. The Hall–Kier alpha value is -0.250. The van der Waals surface area contributed by atoms with E-state index in [1.807, 2.05) is 6.07 Å². The first-order valence-corrected chi connectivity index (χ1v) is 5.14. The standard InChI is InChI=1S/C8H11ClN2S/c1-2-12-11-6-7-3-4-8(9)10-5-7/h3-5,11H,2,6H2,1H3. The SMILES string of the molecule is CCSNCc1ccc(Cl)nc1. The molecule has 0 bridgehead atoms. The summed E-state index contributed by atoms with van der Waals surface area (Å²) in [7, 11) is 0. The Labute approximate surface area is 81.9 Å². The minimum absolute atomic E-state index is 0.543. The molecule has 0 aliphatic carbocycles. The molecule has 0 aliphatic heterocycles. The van der Waals surface area contributed by atoms with Crippen LogP contribution in [0.5, 0.6) is 0 Å². The third-order valence-corrected chi connectivity index (χ3v) is 2.17. The molecule has 0 unspecified atom stereocenters. The van der Waals surface area contributed by atoms with Crippen LogP contribution in [0.25, 0.3) is 0 Å². The Kier molecular flexibility index (Phi) is 4.43. The van der Waals surface area contributed by atoms with E-state index in [1.165, 1.54) is 0 Å². The maximum atomic E-state index is 5.64. The van der Waals surface area contributed by atoms with Crippen LogP contribution >= 0.6 is 23.5 Å². The van der Waals surface area contributed by atoms with Crippen LogP contribution in [-0.2, 0) is 6.54 Å². The summed E-state index contributed by atoms with van der Waals surface area (Å²) in [6.45, 7) is 2.94. The van der Waals surface area contributed by atoms with Crippen molar-refractivity contribution in [1.82, 2.24) is 9.71 Å². The van der Waals surface area contributed by atoms with Crippen molar-refractivity contribution >= 4 is 23.5 Å². The summed E-state index contributed by atoms with van der Waals surface area (Å²) in [6.07, 6.45) is 1.78. The van der Waals surface area contributed by atoms with Gasteiger partial charge in [0, 0.05) is 18.5 Å². The molecular weight excluding hydrogens is 192 g/mol. The highest BCUT2D eigenvalue weighted by molar-refractivity contribution is 7.97. The zero-order valence-corrected chi connectivity index (χ0v) is 8.45. The van der Waals surface area contributed by atoms with E-state index in [1.54, 1.807) is 24.2 Å². The predicted octanol–water partition coefficient (Wildman–Crippen LogP) is 2.49. The van der Waals surface area contributed by atoms with Gasteiger partial charge in [0.05, 0.1) is 0 Å². The normalized spacial score (nSPS) is 10.2. The molecule has 0 aliphatic rings. The van der Waals surface area contributed by atoms with E-state index in [0.717, 1.165) is 17.9 Å². The van der Waals surface area contributed by atoms with Crippen LogP contribution in [0.1, 0.15) is 12.5 Å². The van der Waals surface area contributed by atoms with E-state index in [4.69, 9.17) is 11.6 Å². The second kappa shape index (κ2) is 5.41. The van der Waals surface area contributed by atoms with Gasteiger partial charge < -0.3 is 0 Å². The smallest absolute Gasteiger partial charge is 0.129 e. The van der Waals surface area contributed by atoms with E-state index in [2.05, 4.69) is 16.6 Å². The Morgan fingerprint density at radius 1 is 1.58 bits per heavy atom. The Bertz CT molecular complexity index is 225. The fraction of sp³-hybridized carbons (Fsp3) is 0.375. The Balaban J connectivity index is 2.37. The zero-order valence-electron chi connectivity index (χ0n) is 6.88. The molecule has 4 heteroatoms. The van der Waals surface area contributed by atoms with Crippen molar-refractivity contribution < 1.29 is 0 Å². The first-order valence-electron chi connectivity index (χ1n) is 3.78. The van der Waals surface area contributed by atoms with Gasteiger partial charge in [0.15, 0.2) is 0 Å². The number of pyridine rings is 1. The lowest BCUT2D eigenvalue weighted by Gasteiger charge is -2.01. The van der Waals surface area contributed by atoms with Gasteiger partial charge in [-0.15, -0.1) is 0 Å². The van der Waals surface area contributed by atoms with Crippen LogP contribution in [0.3, 0.4) is 0 Å². The molecule has 12 heavy (non-hydrogen) atoms. The molecule has 0 aromatic carbocycles. The topological polar surface area (TPSA) is 24.9 Å². The molecule has 0 fully saturated rings. The molecule has 0 saturated carbocycles. The third-order valence-electron chi connectivity index (χ3n) is 1.31. The van der Waals surface area contributed by atoms with Crippen LogP contribution in [-0.4, -0.2) is 10.7 Å². The fourth-order valence-corrected chi connectivity index (χ4v) is 1.33. The largest absolute Gasteiger partial charge is 0.260 e. The molecule has 1 aromatic heterocycles. The first kappa shape index (κ1) is 9.84. The summed E-state index contributed by atoms with van der Waals surface area (Å²) in [4.78, 5) is 3.97. The summed E-state index contributed by atoms with van der Waals surface area (Å²) in [5.74, 6) is 1.07. The van der Waals surface area contributed by atoms with Crippen molar-refractivity contribution in [3.63, 3.8) is 0 Å². The zero-order chi connectivity index (χ0) is 8.81. The maximum Gasteiger partial charge on any atom is 0.129 e. The molecule has 0 spiro atoms. The van der Waals surface area contributed by atoms with E-state index in [0.29, 0.717) is 5.15 Å². The van der Waals surface area contributed by atoms with Crippen molar-refractivity contribution in [2.45, 2.75) is 13.5 Å². The third kappa shape index (κ3) is 3.43. The molecular formula is C8H11ClN2S. The van der Waals surface area contributed by atoms with Gasteiger partial charge in [-0.3, -0.25) is 4.72 Å². The highest BCUT2D eigenvalue weighted by Gasteiger charge is 1.92.